The molecular weight excluding hydrogens is 488 g/mol. The molecule has 1 aliphatic heterocycles. The Morgan fingerprint density at radius 1 is 1.11 bits per heavy atom. The average Bonchev–Trinajstić information content (AvgIpc) is 3.66. The van der Waals surface area contributed by atoms with Crippen LogP contribution in [-0.2, 0) is 34.1 Å². The number of aliphatic carboxylic acids is 1. The summed E-state index contributed by atoms with van der Waals surface area (Å²) in [6.45, 7) is 2.89. The van der Waals surface area contributed by atoms with Gasteiger partial charge in [0.25, 0.3) is 0 Å². The molecule has 37 heavy (non-hydrogen) atoms. The van der Waals surface area contributed by atoms with Crippen LogP contribution >= 0.6 is 0 Å². The Bertz CT molecular complexity index is 1430. The summed E-state index contributed by atoms with van der Waals surface area (Å²) in [6, 6.07) is 18.7. The smallest absolute Gasteiger partial charge is 0.307 e. The first-order valence-electron chi connectivity index (χ1n) is 12.7. The van der Waals surface area contributed by atoms with Gasteiger partial charge in [-0.15, -0.1) is 0 Å². The maximum absolute atomic E-state index is 11.3. The second-order valence-electron chi connectivity index (χ2n) is 10.2. The van der Waals surface area contributed by atoms with Gasteiger partial charge in [0.15, 0.2) is 0 Å². The summed E-state index contributed by atoms with van der Waals surface area (Å²) in [7, 11) is -2.99. The number of rotatable bonds is 10. The van der Waals surface area contributed by atoms with Crippen LogP contribution in [-0.4, -0.2) is 38.1 Å². The summed E-state index contributed by atoms with van der Waals surface area (Å²) < 4.78 is 34.8. The fraction of sp³-hybridized carbons (Fsp3) is 0.367. The predicted octanol–water partition coefficient (Wildman–Crippen LogP) is 5.34. The van der Waals surface area contributed by atoms with Crippen LogP contribution in [0.3, 0.4) is 0 Å². The van der Waals surface area contributed by atoms with Gasteiger partial charge in [0, 0.05) is 17.4 Å². The van der Waals surface area contributed by atoms with Crippen LogP contribution in [0.1, 0.15) is 46.6 Å². The Morgan fingerprint density at radius 2 is 1.89 bits per heavy atom. The molecule has 0 saturated heterocycles. The SMILES string of the molecule is Cc1cc(OCCCS(C)(=O)=O)cc2c1-c1cccc(CCc3ccc([C@H]4C[C@@H]4C(=O)O)cc3)c1OC2. The molecule has 1 fully saturated rings. The third-order valence-corrected chi connectivity index (χ3v) is 8.29. The van der Waals surface area contributed by atoms with Gasteiger partial charge in [-0.05, 0) is 78.5 Å². The lowest BCUT2D eigenvalue weighted by atomic mass is 9.90. The monoisotopic (exact) mass is 520 g/mol. The fourth-order valence-corrected chi connectivity index (χ4v) is 5.91. The minimum Gasteiger partial charge on any atom is -0.494 e. The number of para-hydroxylation sites is 1. The Kier molecular flexibility index (Phi) is 6.99. The number of hydrogen-bond acceptors (Lipinski definition) is 5. The molecule has 1 heterocycles. The fourth-order valence-electron chi connectivity index (χ4n) is 5.26. The molecule has 1 saturated carbocycles. The highest BCUT2D eigenvalue weighted by molar-refractivity contribution is 7.90. The summed E-state index contributed by atoms with van der Waals surface area (Å²) in [4.78, 5) is 11.2. The molecule has 2 atom stereocenters. The molecule has 194 valence electrons. The van der Waals surface area contributed by atoms with Gasteiger partial charge < -0.3 is 14.6 Å². The number of carbonyl (C=O) groups is 1. The van der Waals surface area contributed by atoms with Crippen LogP contribution in [0.15, 0.2) is 54.6 Å². The van der Waals surface area contributed by atoms with Crippen molar-refractivity contribution in [1.29, 1.82) is 0 Å². The number of benzene rings is 3. The minimum absolute atomic E-state index is 0.117. The summed E-state index contributed by atoms with van der Waals surface area (Å²) in [6.07, 6.45) is 4.16. The molecule has 0 radical (unpaired) electrons. The topological polar surface area (TPSA) is 89.9 Å². The minimum atomic E-state index is -2.99. The van der Waals surface area contributed by atoms with Crippen LogP contribution in [0.2, 0.25) is 0 Å². The van der Waals surface area contributed by atoms with Crippen molar-refractivity contribution in [3.8, 4) is 22.6 Å². The highest BCUT2D eigenvalue weighted by Crippen LogP contribution is 2.47. The van der Waals surface area contributed by atoms with Gasteiger partial charge in [-0.2, -0.15) is 0 Å². The molecule has 3 aromatic rings. The van der Waals surface area contributed by atoms with E-state index in [-0.39, 0.29) is 17.6 Å². The molecule has 0 amide bonds. The van der Waals surface area contributed by atoms with E-state index in [0.29, 0.717) is 19.6 Å². The number of carboxylic acid groups (broad SMARTS) is 1. The second-order valence-corrected chi connectivity index (χ2v) is 12.5. The molecule has 5 rings (SSSR count). The van der Waals surface area contributed by atoms with Crippen LogP contribution in [0.5, 0.6) is 11.5 Å². The number of aryl methyl sites for hydroxylation is 3. The van der Waals surface area contributed by atoms with Crippen molar-refractivity contribution < 1.29 is 27.8 Å². The van der Waals surface area contributed by atoms with Crippen molar-refractivity contribution in [2.45, 2.75) is 45.1 Å². The first-order chi connectivity index (χ1) is 17.7. The van der Waals surface area contributed by atoms with E-state index in [1.807, 2.05) is 12.1 Å². The molecule has 0 unspecified atom stereocenters. The quantitative estimate of drug-likeness (QED) is 0.363. The number of carboxylic acids is 1. The Labute approximate surface area is 218 Å². The second kappa shape index (κ2) is 10.2. The van der Waals surface area contributed by atoms with E-state index in [4.69, 9.17) is 9.47 Å². The highest BCUT2D eigenvalue weighted by Gasteiger charge is 2.44. The van der Waals surface area contributed by atoms with Gasteiger partial charge in [-0.3, -0.25) is 4.79 Å². The highest BCUT2D eigenvalue weighted by atomic mass is 32.2. The van der Waals surface area contributed by atoms with Crippen molar-refractivity contribution in [3.05, 3.63) is 82.4 Å². The first-order valence-corrected chi connectivity index (χ1v) is 14.8. The molecular formula is C30H32O6S. The third-order valence-electron chi connectivity index (χ3n) is 7.26. The van der Waals surface area contributed by atoms with Gasteiger partial charge in [0.2, 0.25) is 0 Å². The summed E-state index contributed by atoms with van der Waals surface area (Å²) in [5.41, 5.74) is 7.94. The van der Waals surface area contributed by atoms with E-state index >= 15 is 0 Å². The summed E-state index contributed by atoms with van der Waals surface area (Å²) >= 11 is 0. The molecule has 0 spiro atoms. The summed E-state index contributed by atoms with van der Waals surface area (Å²) in [5, 5.41) is 9.17. The zero-order valence-corrected chi connectivity index (χ0v) is 22.0. The van der Waals surface area contributed by atoms with E-state index in [1.54, 1.807) is 0 Å². The number of sulfone groups is 1. The van der Waals surface area contributed by atoms with E-state index in [9.17, 15) is 18.3 Å². The predicted molar refractivity (Wildman–Crippen MR) is 143 cm³/mol. The lowest BCUT2D eigenvalue weighted by molar-refractivity contribution is -0.138. The molecule has 3 aromatic carbocycles. The Hall–Kier alpha value is -3.32. The number of fused-ring (bicyclic) bond motifs is 3. The largest absolute Gasteiger partial charge is 0.494 e. The van der Waals surface area contributed by atoms with Crippen molar-refractivity contribution in [1.82, 2.24) is 0 Å². The molecule has 1 aliphatic carbocycles. The van der Waals surface area contributed by atoms with Crippen molar-refractivity contribution in [3.63, 3.8) is 0 Å². The average molecular weight is 521 g/mol. The van der Waals surface area contributed by atoms with Crippen LogP contribution in [0.25, 0.3) is 11.1 Å². The van der Waals surface area contributed by atoms with Crippen molar-refractivity contribution >= 4 is 15.8 Å². The normalized spacial score (nSPS) is 17.9. The van der Waals surface area contributed by atoms with Gasteiger partial charge in [0.1, 0.15) is 27.9 Å². The maximum Gasteiger partial charge on any atom is 0.307 e. The standard InChI is InChI=1S/C30H32O6S/c1-19-15-24(35-13-4-14-37(2,33)34)16-23-18-36-29-22(5-3-6-25(29)28(19)23)12-9-20-7-10-21(11-8-20)26-17-27(26)30(31)32/h3,5-8,10-11,15-16,26-27H,4,9,12-14,17-18H2,1-2H3,(H,31,32)/t26-,27+/m1/s1. The van der Waals surface area contributed by atoms with Crippen LogP contribution in [0, 0.1) is 12.8 Å². The zero-order valence-electron chi connectivity index (χ0n) is 21.2. The maximum atomic E-state index is 11.3. The van der Waals surface area contributed by atoms with E-state index < -0.39 is 15.8 Å². The van der Waals surface area contributed by atoms with E-state index in [2.05, 4.69) is 49.4 Å². The third kappa shape index (κ3) is 5.82. The molecule has 0 bridgehead atoms. The van der Waals surface area contributed by atoms with Crippen molar-refractivity contribution in [2.75, 3.05) is 18.6 Å². The molecule has 6 nitrogen and oxygen atoms in total. The number of ether oxygens (including phenoxy) is 2. The van der Waals surface area contributed by atoms with Gasteiger partial charge in [-0.25, -0.2) is 8.42 Å². The van der Waals surface area contributed by atoms with Gasteiger partial charge in [-0.1, -0.05) is 42.5 Å². The number of hydrogen-bond donors (Lipinski definition) is 1. The van der Waals surface area contributed by atoms with E-state index in [1.165, 1.54) is 22.9 Å². The Morgan fingerprint density at radius 3 is 2.59 bits per heavy atom. The van der Waals surface area contributed by atoms with Gasteiger partial charge in [0.05, 0.1) is 18.3 Å². The van der Waals surface area contributed by atoms with Crippen LogP contribution in [0.4, 0.5) is 0 Å². The lowest BCUT2D eigenvalue weighted by Crippen LogP contribution is -2.11. The molecule has 0 aromatic heterocycles. The molecule has 7 heteroatoms. The lowest BCUT2D eigenvalue weighted by Gasteiger charge is -2.25. The van der Waals surface area contributed by atoms with E-state index in [0.717, 1.165) is 53.0 Å². The van der Waals surface area contributed by atoms with Gasteiger partial charge >= 0.3 is 5.97 Å². The first kappa shape index (κ1) is 25.3. The summed E-state index contributed by atoms with van der Waals surface area (Å²) in [5.74, 6) is 1.01. The van der Waals surface area contributed by atoms with Crippen molar-refractivity contribution in [2.24, 2.45) is 5.92 Å². The molecule has 1 N–H and O–H groups in total. The Balaban J connectivity index is 1.27. The zero-order chi connectivity index (χ0) is 26.2. The van der Waals surface area contributed by atoms with Crippen LogP contribution < -0.4 is 9.47 Å². The molecule has 2 aliphatic rings.